The highest BCUT2D eigenvalue weighted by molar-refractivity contribution is 9.10. The maximum Gasteiger partial charge on any atom is 0.128 e. The lowest BCUT2D eigenvalue weighted by atomic mass is 10.2. The van der Waals surface area contributed by atoms with Gasteiger partial charge in [0.05, 0.1) is 0 Å². The fraction of sp³-hybridized carbons (Fsp3) is 0.143. The van der Waals surface area contributed by atoms with E-state index in [1.165, 1.54) is 6.07 Å². The van der Waals surface area contributed by atoms with Gasteiger partial charge in [-0.25, -0.2) is 4.39 Å². The third kappa shape index (κ3) is 3.33. The van der Waals surface area contributed by atoms with Gasteiger partial charge in [-0.05, 0) is 58.7 Å². The molecule has 94 valence electrons. The van der Waals surface area contributed by atoms with Gasteiger partial charge in [-0.15, -0.1) is 0 Å². The molecule has 0 spiro atoms. The van der Waals surface area contributed by atoms with Crippen LogP contribution in [0.5, 0.6) is 0 Å². The molecule has 0 saturated carbocycles. The summed E-state index contributed by atoms with van der Waals surface area (Å²) in [6.07, 6.45) is 0. The summed E-state index contributed by atoms with van der Waals surface area (Å²) in [5, 5.41) is 3.23. The van der Waals surface area contributed by atoms with Crippen molar-refractivity contribution in [2.45, 2.75) is 13.5 Å². The van der Waals surface area contributed by atoms with Gasteiger partial charge < -0.3 is 5.32 Å². The van der Waals surface area contributed by atoms with Crippen LogP contribution in [-0.2, 0) is 6.54 Å². The van der Waals surface area contributed by atoms with E-state index >= 15 is 0 Å². The van der Waals surface area contributed by atoms with Gasteiger partial charge in [-0.3, -0.25) is 0 Å². The Morgan fingerprint density at radius 1 is 1.11 bits per heavy atom. The van der Waals surface area contributed by atoms with Crippen molar-refractivity contribution in [1.82, 2.24) is 0 Å². The Morgan fingerprint density at radius 3 is 2.67 bits per heavy atom. The number of halogens is 3. The highest BCUT2D eigenvalue weighted by Crippen LogP contribution is 2.24. The molecule has 0 bridgehead atoms. The number of benzene rings is 2. The predicted octanol–water partition coefficient (Wildman–Crippen LogP) is 5.27. The molecule has 1 N–H and O–H groups in total. The smallest absolute Gasteiger partial charge is 0.128 e. The molecule has 2 aromatic rings. The second-order valence-corrected chi connectivity index (χ2v) is 5.84. The van der Waals surface area contributed by atoms with E-state index in [2.05, 4.69) is 37.2 Å². The lowest BCUT2D eigenvalue weighted by molar-refractivity contribution is 0.612. The molecule has 0 atom stereocenters. The summed E-state index contributed by atoms with van der Waals surface area (Å²) in [6.45, 7) is 2.48. The van der Waals surface area contributed by atoms with E-state index in [0.29, 0.717) is 12.1 Å². The third-order valence-electron chi connectivity index (χ3n) is 2.60. The van der Waals surface area contributed by atoms with Gasteiger partial charge in [-0.2, -0.15) is 0 Å². The van der Waals surface area contributed by atoms with Gasteiger partial charge in [0.15, 0.2) is 0 Å². The van der Waals surface area contributed by atoms with Crippen LogP contribution in [0.3, 0.4) is 0 Å². The van der Waals surface area contributed by atoms with Crippen LogP contribution in [0.15, 0.2) is 45.3 Å². The number of anilines is 1. The molecule has 2 rings (SSSR count). The maximum absolute atomic E-state index is 13.6. The Balaban J connectivity index is 2.16. The van der Waals surface area contributed by atoms with Crippen LogP contribution in [0.2, 0.25) is 0 Å². The van der Waals surface area contributed by atoms with Crippen molar-refractivity contribution in [3.8, 4) is 0 Å². The zero-order chi connectivity index (χ0) is 13.1. The van der Waals surface area contributed by atoms with E-state index in [-0.39, 0.29) is 5.82 Å². The summed E-state index contributed by atoms with van der Waals surface area (Å²) in [7, 11) is 0. The molecule has 0 fully saturated rings. The van der Waals surface area contributed by atoms with Crippen molar-refractivity contribution in [2.75, 3.05) is 5.32 Å². The molecule has 0 amide bonds. The molecule has 2 aromatic carbocycles. The second-order valence-electron chi connectivity index (χ2n) is 4.07. The first-order valence-electron chi connectivity index (χ1n) is 5.50. The second kappa shape index (κ2) is 5.85. The molecule has 4 heteroatoms. The molecular weight excluding hydrogens is 361 g/mol. The first-order chi connectivity index (χ1) is 8.56. The van der Waals surface area contributed by atoms with E-state index in [4.69, 9.17) is 0 Å². The highest BCUT2D eigenvalue weighted by Gasteiger charge is 2.04. The average Bonchev–Trinajstić information content (AvgIpc) is 2.34. The highest BCUT2D eigenvalue weighted by atomic mass is 79.9. The van der Waals surface area contributed by atoms with Gasteiger partial charge in [0.2, 0.25) is 0 Å². The van der Waals surface area contributed by atoms with Crippen LogP contribution in [0, 0.1) is 12.7 Å². The first kappa shape index (κ1) is 13.6. The molecule has 0 saturated heterocycles. The molecule has 0 aliphatic heterocycles. The molecule has 1 nitrogen and oxygen atoms in total. The van der Waals surface area contributed by atoms with Crippen molar-refractivity contribution in [2.24, 2.45) is 0 Å². The number of aryl methyl sites for hydroxylation is 1. The molecule has 0 aromatic heterocycles. The fourth-order valence-corrected chi connectivity index (χ4v) is 2.44. The van der Waals surface area contributed by atoms with Crippen molar-refractivity contribution >= 4 is 37.5 Å². The zero-order valence-corrected chi connectivity index (χ0v) is 13.0. The van der Waals surface area contributed by atoms with Gasteiger partial charge in [0.1, 0.15) is 5.82 Å². The Kier molecular flexibility index (Phi) is 4.40. The zero-order valence-electron chi connectivity index (χ0n) is 9.81. The third-order valence-corrected chi connectivity index (χ3v) is 3.78. The number of nitrogens with one attached hydrogen (secondary N) is 1. The van der Waals surface area contributed by atoms with Gasteiger partial charge in [0, 0.05) is 26.7 Å². The Morgan fingerprint density at radius 2 is 1.89 bits per heavy atom. The van der Waals surface area contributed by atoms with Gasteiger partial charge in [0.25, 0.3) is 0 Å². The number of rotatable bonds is 3. The normalized spacial score (nSPS) is 10.4. The van der Waals surface area contributed by atoms with E-state index in [9.17, 15) is 4.39 Å². The molecule has 0 heterocycles. The molecule has 0 aliphatic carbocycles. The summed E-state index contributed by atoms with van der Waals surface area (Å²) in [4.78, 5) is 0. The summed E-state index contributed by atoms with van der Waals surface area (Å²) in [6, 6.07) is 11.0. The molecule has 18 heavy (non-hydrogen) atoms. The van der Waals surface area contributed by atoms with Gasteiger partial charge >= 0.3 is 0 Å². The van der Waals surface area contributed by atoms with Crippen LogP contribution in [0.25, 0.3) is 0 Å². The van der Waals surface area contributed by atoms with Crippen LogP contribution < -0.4 is 5.32 Å². The van der Waals surface area contributed by atoms with Crippen molar-refractivity contribution in [3.05, 3.63) is 62.3 Å². The quantitative estimate of drug-likeness (QED) is 0.773. The van der Waals surface area contributed by atoms with Gasteiger partial charge in [-0.1, -0.05) is 22.0 Å². The summed E-state index contributed by atoms with van der Waals surface area (Å²) < 4.78 is 15.4. The Labute approximate surface area is 123 Å². The predicted molar refractivity (Wildman–Crippen MR) is 80.3 cm³/mol. The van der Waals surface area contributed by atoms with E-state index in [1.807, 2.05) is 25.1 Å². The van der Waals surface area contributed by atoms with Crippen molar-refractivity contribution in [3.63, 3.8) is 0 Å². The van der Waals surface area contributed by atoms with E-state index < -0.39 is 0 Å². The van der Waals surface area contributed by atoms with Crippen LogP contribution >= 0.6 is 31.9 Å². The summed E-state index contributed by atoms with van der Waals surface area (Å²) >= 11 is 6.82. The minimum absolute atomic E-state index is 0.200. The van der Waals surface area contributed by atoms with Crippen LogP contribution in [0.4, 0.5) is 10.1 Å². The lowest BCUT2D eigenvalue weighted by Crippen LogP contribution is -2.02. The van der Waals surface area contributed by atoms with E-state index in [0.717, 1.165) is 20.2 Å². The number of hydrogen-bond donors (Lipinski definition) is 1. The Bertz CT molecular complexity index is 518. The molecule has 0 aliphatic rings. The van der Waals surface area contributed by atoms with E-state index in [1.54, 1.807) is 12.1 Å². The van der Waals surface area contributed by atoms with Crippen molar-refractivity contribution in [1.29, 1.82) is 0 Å². The summed E-state index contributed by atoms with van der Waals surface area (Å²) in [5.74, 6) is -0.200. The molecule has 0 unspecified atom stereocenters. The monoisotopic (exact) mass is 371 g/mol. The Hall–Kier alpha value is -0.870. The SMILES string of the molecule is Cc1ccc(Br)c(NCc2cc(Br)ccc2F)c1. The summed E-state index contributed by atoms with van der Waals surface area (Å²) in [5.41, 5.74) is 2.77. The lowest BCUT2D eigenvalue weighted by Gasteiger charge is -2.10. The standard InChI is InChI=1S/C14H12Br2FN/c1-9-2-4-12(16)14(6-9)18-8-10-7-11(15)3-5-13(10)17/h2-7,18H,8H2,1H3. The van der Waals surface area contributed by atoms with Crippen LogP contribution in [0.1, 0.15) is 11.1 Å². The topological polar surface area (TPSA) is 12.0 Å². The van der Waals surface area contributed by atoms with Crippen LogP contribution in [-0.4, -0.2) is 0 Å². The first-order valence-corrected chi connectivity index (χ1v) is 7.09. The number of hydrogen-bond acceptors (Lipinski definition) is 1. The average molecular weight is 373 g/mol. The maximum atomic E-state index is 13.6. The minimum Gasteiger partial charge on any atom is -0.380 e. The largest absolute Gasteiger partial charge is 0.380 e. The minimum atomic E-state index is -0.200. The molecular formula is C14H12Br2FN. The van der Waals surface area contributed by atoms with Crippen molar-refractivity contribution < 1.29 is 4.39 Å². The molecule has 0 radical (unpaired) electrons. The fourth-order valence-electron chi connectivity index (χ4n) is 1.64.